The van der Waals surface area contributed by atoms with E-state index in [1.165, 1.54) is 23.1 Å². The van der Waals surface area contributed by atoms with Crippen molar-refractivity contribution in [3.63, 3.8) is 0 Å². The van der Waals surface area contributed by atoms with E-state index in [2.05, 4.69) is 4.98 Å². The van der Waals surface area contributed by atoms with Gasteiger partial charge in [-0.25, -0.2) is 4.79 Å². The van der Waals surface area contributed by atoms with E-state index in [0.717, 1.165) is 9.79 Å². The zero-order chi connectivity index (χ0) is 10.7. The van der Waals surface area contributed by atoms with Gasteiger partial charge in [-0.15, -0.1) is 11.3 Å². The zero-order valence-corrected chi connectivity index (χ0v) is 9.22. The fourth-order valence-electron chi connectivity index (χ4n) is 1.03. The first-order valence-electron chi connectivity index (χ1n) is 4.15. The highest BCUT2D eigenvalue weighted by atomic mass is 32.2. The molecule has 15 heavy (non-hydrogen) atoms. The van der Waals surface area contributed by atoms with E-state index in [9.17, 15) is 4.79 Å². The number of aromatic carboxylic acids is 1. The second-order valence-corrected chi connectivity index (χ2v) is 4.79. The molecule has 0 unspecified atom stereocenters. The Morgan fingerprint density at radius 3 is 2.67 bits per heavy atom. The minimum absolute atomic E-state index is 0.367. The van der Waals surface area contributed by atoms with Crippen LogP contribution < -0.4 is 0 Å². The molecule has 2 rings (SSSR count). The molecule has 76 valence electrons. The highest BCUT2D eigenvalue weighted by molar-refractivity contribution is 7.99. The number of hydrogen-bond donors (Lipinski definition) is 1. The minimum Gasteiger partial charge on any atom is -0.477 e. The van der Waals surface area contributed by atoms with E-state index in [1.807, 2.05) is 17.5 Å². The van der Waals surface area contributed by atoms with Crippen molar-refractivity contribution in [3.8, 4) is 0 Å². The molecule has 0 atom stereocenters. The predicted octanol–water partition coefficient (Wildman–Crippen LogP) is 2.99. The van der Waals surface area contributed by atoms with Crippen LogP contribution in [0.2, 0.25) is 0 Å². The zero-order valence-electron chi connectivity index (χ0n) is 7.58. The Hall–Kier alpha value is -1.33. The first-order valence-corrected chi connectivity index (χ1v) is 5.85. The standard InChI is InChI=1S/C10H7NO2S2/c12-10(13)9-5-8(6-14-9)15-7-1-3-11-4-2-7/h1-6H,(H,12,13). The monoisotopic (exact) mass is 237 g/mol. The number of nitrogens with zero attached hydrogens (tertiary/aromatic N) is 1. The molecule has 0 saturated carbocycles. The molecule has 0 amide bonds. The topological polar surface area (TPSA) is 50.2 Å². The summed E-state index contributed by atoms with van der Waals surface area (Å²) in [6, 6.07) is 5.46. The second-order valence-electron chi connectivity index (χ2n) is 2.74. The molecule has 0 spiro atoms. The van der Waals surface area contributed by atoms with E-state index in [-0.39, 0.29) is 0 Å². The van der Waals surface area contributed by atoms with Crippen molar-refractivity contribution in [2.24, 2.45) is 0 Å². The third kappa shape index (κ3) is 2.57. The number of thiophene rings is 1. The van der Waals surface area contributed by atoms with Crippen LogP contribution in [0, 0.1) is 0 Å². The number of carboxylic acids is 1. The molecule has 2 heterocycles. The van der Waals surface area contributed by atoms with Gasteiger partial charge < -0.3 is 5.11 Å². The molecule has 3 nitrogen and oxygen atoms in total. The summed E-state index contributed by atoms with van der Waals surface area (Å²) in [7, 11) is 0. The lowest BCUT2D eigenvalue weighted by Crippen LogP contribution is -1.89. The van der Waals surface area contributed by atoms with Crippen LogP contribution >= 0.6 is 23.1 Å². The van der Waals surface area contributed by atoms with Crippen molar-refractivity contribution < 1.29 is 9.90 Å². The maximum atomic E-state index is 10.7. The molecule has 0 fully saturated rings. The predicted molar refractivity (Wildman–Crippen MR) is 59.6 cm³/mol. The summed E-state index contributed by atoms with van der Waals surface area (Å²) in [4.78, 5) is 16.9. The van der Waals surface area contributed by atoms with Crippen molar-refractivity contribution in [1.82, 2.24) is 4.98 Å². The summed E-state index contributed by atoms with van der Waals surface area (Å²) in [6.07, 6.45) is 3.43. The number of carboxylic acid groups (broad SMARTS) is 1. The van der Waals surface area contributed by atoms with Crippen LogP contribution in [-0.4, -0.2) is 16.1 Å². The van der Waals surface area contributed by atoms with Crippen LogP contribution in [0.5, 0.6) is 0 Å². The first-order chi connectivity index (χ1) is 7.25. The van der Waals surface area contributed by atoms with Gasteiger partial charge in [-0.2, -0.15) is 0 Å². The van der Waals surface area contributed by atoms with Gasteiger partial charge in [0.15, 0.2) is 0 Å². The molecule has 1 N–H and O–H groups in total. The Bertz CT molecular complexity index is 467. The highest BCUT2D eigenvalue weighted by Crippen LogP contribution is 2.30. The number of pyridine rings is 1. The number of hydrogen-bond acceptors (Lipinski definition) is 4. The van der Waals surface area contributed by atoms with Crippen LogP contribution in [-0.2, 0) is 0 Å². The lowest BCUT2D eigenvalue weighted by molar-refractivity contribution is 0.0702. The molecule has 0 saturated heterocycles. The summed E-state index contributed by atoms with van der Waals surface area (Å²) in [5, 5.41) is 10.6. The Morgan fingerprint density at radius 2 is 2.07 bits per heavy atom. The summed E-state index contributed by atoms with van der Waals surface area (Å²) in [6.45, 7) is 0. The van der Waals surface area contributed by atoms with E-state index < -0.39 is 5.97 Å². The van der Waals surface area contributed by atoms with Crippen molar-refractivity contribution in [2.75, 3.05) is 0 Å². The lowest BCUT2D eigenvalue weighted by Gasteiger charge is -1.95. The van der Waals surface area contributed by atoms with Crippen LogP contribution in [0.15, 0.2) is 45.8 Å². The smallest absolute Gasteiger partial charge is 0.345 e. The maximum Gasteiger partial charge on any atom is 0.345 e. The van der Waals surface area contributed by atoms with Gasteiger partial charge in [0.2, 0.25) is 0 Å². The summed E-state index contributed by atoms with van der Waals surface area (Å²) < 4.78 is 0. The number of rotatable bonds is 3. The average molecular weight is 237 g/mol. The van der Waals surface area contributed by atoms with Gasteiger partial charge >= 0.3 is 5.97 Å². The molecule has 0 aliphatic rings. The van der Waals surface area contributed by atoms with E-state index >= 15 is 0 Å². The molecule has 0 aromatic carbocycles. The molecular weight excluding hydrogens is 230 g/mol. The fourth-order valence-corrected chi connectivity index (χ4v) is 2.75. The van der Waals surface area contributed by atoms with Gasteiger partial charge in [0, 0.05) is 27.6 Å². The van der Waals surface area contributed by atoms with Gasteiger partial charge in [-0.3, -0.25) is 4.98 Å². The molecular formula is C10H7NO2S2. The molecule has 0 radical (unpaired) electrons. The van der Waals surface area contributed by atoms with Crippen LogP contribution in [0.4, 0.5) is 0 Å². The lowest BCUT2D eigenvalue weighted by atomic mass is 10.5. The van der Waals surface area contributed by atoms with Crippen LogP contribution in [0.25, 0.3) is 0 Å². The molecule has 0 aliphatic carbocycles. The van der Waals surface area contributed by atoms with Crippen molar-refractivity contribution in [1.29, 1.82) is 0 Å². The second kappa shape index (κ2) is 4.46. The van der Waals surface area contributed by atoms with Crippen molar-refractivity contribution in [3.05, 3.63) is 40.8 Å². The molecule has 0 aliphatic heterocycles. The minimum atomic E-state index is -0.874. The normalized spacial score (nSPS) is 10.1. The van der Waals surface area contributed by atoms with Gasteiger partial charge in [0.05, 0.1) is 0 Å². The SMILES string of the molecule is O=C(O)c1cc(Sc2ccncc2)cs1. The summed E-state index contributed by atoms with van der Waals surface area (Å²) >= 11 is 2.77. The number of aromatic nitrogens is 1. The fraction of sp³-hybridized carbons (Fsp3) is 0. The molecule has 0 bridgehead atoms. The average Bonchev–Trinajstić information content (AvgIpc) is 2.68. The van der Waals surface area contributed by atoms with E-state index in [1.54, 1.807) is 18.5 Å². The van der Waals surface area contributed by atoms with Gasteiger partial charge in [0.25, 0.3) is 0 Å². The third-order valence-corrected chi connectivity index (χ3v) is 3.72. The quantitative estimate of drug-likeness (QED) is 0.891. The van der Waals surface area contributed by atoms with Crippen LogP contribution in [0.1, 0.15) is 9.67 Å². The van der Waals surface area contributed by atoms with Gasteiger partial charge in [-0.1, -0.05) is 11.8 Å². The van der Waals surface area contributed by atoms with E-state index in [0.29, 0.717) is 4.88 Å². The summed E-state index contributed by atoms with van der Waals surface area (Å²) in [5.74, 6) is -0.874. The molecule has 2 aromatic rings. The highest BCUT2D eigenvalue weighted by Gasteiger charge is 2.07. The Morgan fingerprint density at radius 1 is 1.33 bits per heavy atom. The van der Waals surface area contributed by atoms with Gasteiger partial charge in [-0.05, 0) is 18.2 Å². The van der Waals surface area contributed by atoms with E-state index in [4.69, 9.17) is 5.11 Å². The maximum absolute atomic E-state index is 10.7. The number of carbonyl (C=O) groups is 1. The molecule has 5 heteroatoms. The Balaban J connectivity index is 2.15. The van der Waals surface area contributed by atoms with Crippen LogP contribution in [0.3, 0.4) is 0 Å². The largest absolute Gasteiger partial charge is 0.477 e. The molecule has 2 aromatic heterocycles. The Kier molecular flexibility index (Phi) is 3.03. The van der Waals surface area contributed by atoms with Crippen molar-refractivity contribution >= 4 is 29.1 Å². The third-order valence-electron chi connectivity index (χ3n) is 1.67. The Labute approximate surface area is 94.8 Å². The van der Waals surface area contributed by atoms with Crippen molar-refractivity contribution in [2.45, 2.75) is 9.79 Å². The van der Waals surface area contributed by atoms with Gasteiger partial charge in [0.1, 0.15) is 4.88 Å². The first kappa shape index (κ1) is 10.2. The summed E-state index contributed by atoms with van der Waals surface area (Å²) in [5.41, 5.74) is 0.